The zero-order valence-electron chi connectivity index (χ0n) is 15.4. The third-order valence-corrected chi connectivity index (χ3v) is 4.66. The summed E-state index contributed by atoms with van der Waals surface area (Å²) in [5.74, 6) is -1.31. The molecule has 1 aliphatic heterocycles. The zero-order valence-corrected chi connectivity index (χ0v) is 15.4. The van der Waals surface area contributed by atoms with Crippen LogP contribution in [0.5, 0.6) is 5.75 Å². The van der Waals surface area contributed by atoms with Crippen LogP contribution in [0, 0.1) is 5.41 Å². The second-order valence-electron chi connectivity index (χ2n) is 6.47. The highest BCUT2D eigenvalue weighted by Gasteiger charge is 2.47. The number of rotatable bonds is 6. The molecule has 0 bridgehead atoms. The number of nitrogens with zero attached hydrogens (tertiary/aromatic N) is 1. The van der Waals surface area contributed by atoms with Gasteiger partial charge in [0.05, 0.1) is 11.5 Å². The van der Waals surface area contributed by atoms with Crippen LogP contribution in [0.2, 0.25) is 0 Å². The van der Waals surface area contributed by atoms with Crippen molar-refractivity contribution in [3.63, 3.8) is 0 Å². The number of para-hydroxylation sites is 1. The minimum absolute atomic E-state index is 0.0899. The second kappa shape index (κ2) is 10.3. The first kappa shape index (κ1) is 23.7. The van der Waals surface area contributed by atoms with Gasteiger partial charge in [0.2, 0.25) is 0 Å². The number of aliphatic hydroxyl groups excluding tert-OH is 1. The fourth-order valence-electron chi connectivity index (χ4n) is 3.37. The summed E-state index contributed by atoms with van der Waals surface area (Å²) < 4.78 is 41.5. The van der Waals surface area contributed by atoms with Crippen molar-refractivity contribution in [2.24, 2.45) is 5.41 Å². The molecule has 1 aromatic rings. The zero-order chi connectivity index (χ0) is 21.4. The highest BCUT2D eigenvalue weighted by molar-refractivity contribution is 5.75. The fraction of sp³-hybridized carbons (Fsp3) is 0.556. The van der Waals surface area contributed by atoms with Gasteiger partial charge in [-0.3, -0.25) is 14.5 Å². The lowest BCUT2D eigenvalue weighted by molar-refractivity contribution is -0.275. The van der Waals surface area contributed by atoms with Gasteiger partial charge in [0.15, 0.2) is 0 Å². The average Bonchev–Trinajstić information content (AvgIpc) is 2.58. The largest absolute Gasteiger partial charge is 0.573 e. The van der Waals surface area contributed by atoms with Crippen LogP contribution in [0.3, 0.4) is 0 Å². The molecule has 28 heavy (non-hydrogen) atoms. The molecule has 1 aromatic carbocycles. The van der Waals surface area contributed by atoms with E-state index in [1.54, 1.807) is 11.0 Å². The molecule has 0 aliphatic carbocycles. The number of β-amino-alcohol motifs (C(OH)–C–C–N with tert-alkyl or cyclic N) is 1. The first-order valence-corrected chi connectivity index (χ1v) is 8.65. The van der Waals surface area contributed by atoms with Gasteiger partial charge in [0, 0.05) is 18.7 Å². The standard InChI is InChI=1S/C17H22F3NO4.CH2O2/c1-2-7-16(15(23)24)8-9-21(11-14(16)22)10-12-5-3-4-6-13(12)25-17(18,19)20;2-1-3/h3-6,14,22H,2,7-11H2,1H3,(H,23,24);1H,(H,2,3)/t14-,16-;/m0./s1. The number of carbonyl (C=O) groups is 2. The molecule has 1 heterocycles. The monoisotopic (exact) mass is 407 g/mol. The maximum absolute atomic E-state index is 12.5. The van der Waals surface area contributed by atoms with Gasteiger partial charge in [-0.1, -0.05) is 31.5 Å². The lowest BCUT2D eigenvalue weighted by Gasteiger charge is -2.42. The molecule has 10 heteroatoms. The summed E-state index contributed by atoms with van der Waals surface area (Å²) in [4.78, 5) is 21.7. The Labute approximate surface area is 160 Å². The van der Waals surface area contributed by atoms with E-state index < -0.39 is 23.9 Å². The molecule has 2 atom stereocenters. The molecule has 0 radical (unpaired) electrons. The minimum Gasteiger partial charge on any atom is -0.483 e. The number of ether oxygens (including phenoxy) is 1. The summed E-state index contributed by atoms with van der Waals surface area (Å²) in [5, 5.41) is 26.8. The second-order valence-corrected chi connectivity index (χ2v) is 6.47. The van der Waals surface area contributed by atoms with Crippen LogP contribution in [0.15, 0.2) is 24.3 Å². The lowest BCUT2D eigenvalue weighted by Crippen LogP contribution is -2.54. The van der Waals surface area contributed by atoms with E-state index in [4.69, 9.17) is 9.90 Å². The Morgan fingerprint density at radius 2 is 2.00 bits per heavy atom. The van der Waals surface area contributed by atoms with Crippen molar-refractivity contribution >= 4 is 12.4 Å². The number of piperidine rings is 1. The van der Waals surface area contributed by atoms with E-state index in [1.165, 1.54) is 18.2 Å². The number of carboxylic acid groups (broad SMARTS) is 2. The smallest absolute Gasteiger partial charge is 0.483 e. The third-order valence-electron chi connectivity index (χ3n) is 4.66. The number of aliphatic carboxylic acids is 1. The normalized spacial score (nSPS) is 22.7. The van der Waals surface area contributed by atoms with Crippen molar-refractivity contribution in [3.8, 4) is 5.75 Å². The van der Waals surface area contributed by atoms with E-state index in [1.807, 2.05) is 6.92 Å². The first-order valence-electron chi connectivity index (χ1n) is 8.65. The van der Waals surface area contributed by atoms with Crippen LogP contribution < -0.4 is 4.74 Å². The van der Waals surface area contributed by atoms with Gasteiger partial charge in [-0.05, 0) is 25.5 Å². The van der Waals surface area contributed by atoms with Crippen molar-refractivity contribution < 1.29 is 42.8 Å². The predicted molar refractivity (Wildman–Crippen MR) is 92.7 cm³/mol. The van der Waals surface area contributed by atoms with Gasteiger partial charge >= 0.3 is 12.3 Å². The number of benzene rings is 1. The van der Waals surface area contributed by atoms with Crippen molar-refractivity contribution in [2.75, 3.05) is 13.1 Å². The van der Waals surface area contributed by atoms with Gasteiger partial charge in [-0.2, -0.15) is 0 Å². The molecule has 2 rings (SSSR count). The van der Waals surface area contributed by atoms with Gasteiger partial charge in [-0.25, -0.2) is 0 Å². The lowest BCUT2D eigenvalue weighted by atomic mass is 9.73. The number of hydrogen-bond donors (Lipinski definition) is 3. The summed E-state index contributed by atoms with van der Waals surface area (Å²) >= 11 is 0. The number of carboxylic acids is 1. The highest BCUT2D eigenvalue weighted by atomic mass is 19.4. The molecule has 0 spiro atoms. The van der Waals surface area contributed by atoms with Crippen molar-refractivity contribution in [2.45, 2.75) is 45.2 Å². The number of halogens is 3. The molecule has 1 saturated heterocycles. The summed E-state index contributed by atoms with van der Waals surface area (Å²) in [6, 6.07) is 5.82. The van der Waals surface area contributed by atoms with E-state index in [-0.39, 0.29) is 31.7 Å². The van der Waals surface area contributed by atoms with E-state index >= 15 is 0 Å². The molecule has 0 unspecified atom stereocenters. The molecule has 0 aromatic heterocycles. The van der Waals surface area contributed by atoms with Crippen LogP contribution in [-0.2, 0) is 16.1 Å². The molecule has 7 nitrogen and oxygen atoms in total. The maximum atomic E-state index is 12.5. The number of aliphatic hydroxyl groups is 1. The van der Waals surface area contributed by atoms with Gasteiger partial charge < -0.3 is 20.1 Å². The van der Waals surface area contributed by atoms with E-state index in [9.17, 15) is 28.2 Å². The van der Waals surface area contributed by atoms with E-state index in [0.29, 0.717) is 24.9 Å². The van der Waals surface area contributed by atoms with Gasteiger partial charge in [-0.15, -0.1) is 13.2 Å². The summed E-state index contributed by atoms with van der Waals surface area (Å²) in [6.07, 6.45) is -4.61. The Balaban J connectivity index is 0.00000122. The van der Waals surface area contributed by atoms with Crippen LogP contribution in [-0.4, -0.2) is 58.2 Å². The van der Waals surface area contributed by atoms with Crippen LogP contribution in [0.25, 0.3) is 0 Å². The molecule has 158 valence electrons. The fourth-order valence-corrected chi connectivity index (χ4v) is 3.37. The Bertz CT molecular complexity index is 654. The Morgan fingerprint density at radius 3 is 2.50 bits per heavy atom. The minimum atomic E-state index is -4.78. The molecule has 0 saturated carbocycles. The van der Waals surface area contributed by atoms with Crippen LogP contribution in [0.1, 0.15) is 31.7 Å². The summed E-state index contributed by atoms with van der Waals surface area (Å²) in [7, 11) is 0. The van der Waals surface area contributed by atoms with Crippen molar-refractivity contribution in [3.05, 3.63) is 29.8 Å². The SMILES string of the molecule is CCC[C@]1(C(=O)O)CCN(Cc2ccccc2OC(F)(F)F)C[C@@H]1O.O=CO. The Kier molecular flexibility index (Phi) is 8.70. The predicted octanol–water partition coefficient (Wildman–Crippen LogP) is 2.72. The first-order chi connectivity index (χ1) is 13.1. The summed E-state index contributed by atoms with van der Waals surface area (Å²) in [5.41, 5.74) is -0.849. The van der Waals surface area contributed by atoms with E-state index in [0.717, 1.165) is 0 Å². The van der Waals surface area contributed by atoms with Gasteiger partial charge in [0.1, 0.15) is 5.75 Å². The average molecular weight is 407 g/mol. The number of alkyl halides is 3. The molecular formula is C18H24F3NO6. The molecular weight excluding hydrogens is 383 g/mol. The highest BCUT2D eigenvalue weighted by Crippen LogP contribution is 2.38. The molecule has 1 aliphatic rings. The molecule has 1 fully saturated rings. The topological polar surface area (TPSA) is 107 Å². The molecule has 0 amide bonds. The number of hydrogen-bond acceptors (Lipinski definition) is 5. The van der Waals surface area contributed by atoms with Crippen LogP contribution >= 0.6 is 0 Å². The Morgan fingerprint density at radius 1 is 1.39 bits per heavy atom. The maximum Gasteiger partial charge on any atom is 0.573 e. The van der Waals surface area contributed by atoms with Crippen molar-refractivity contribution in [1.29, 1.82) is 0 Å². The van der Waals surface area contributed by atoms with Crippen molar-refractivity contribution in [1.82, 2.24) is 4.90 Å². The summed E-state index contributed by atoms with van der Waals surface area (Å²) in [6.45, 7) is 2.22. The van der Waals surface area contributed by atoms with E-state index in [2.05, 4.69) is 4.74 Å². The van der Waals surface area contributed by atoms with Crippen LogP contribution in [0.4, 0.5) is 13.2 Å². The molecule has 3 N–H and O–H groups in total. The third kappa shape index (κ3) is 6.38. The Hall–Kier alpha value is -2.33. The number of likely N-dealkylation sites (tertiary alicyclic amines) is 1. The quantitative estimate of drug-likeness (QED) is 0.623. The van der Waals surface area contributed by atoms with Gasteiger partial charge in [0.25, 0.3) is 6.47 Å².